The number of nitrogens with one attached hydrogen (secondary N) is 1. The minimum atomic E-state index is -0.997. The van der Waals surface area contributed by atoms with E-state index in [4.69, 9.17) is 9.84 Å². The third-order valence-corrected chi connectivity index (χ3v) is 3.38. The summed E-state index contributed by atoms with van der Waals surface area (Å²) < 4.78 is 5.13. The van der Waals surface area contributed by atoms with Crippen LogP contribution in [0.2, 0.25) is 0 Å². The largest absolute Gasteiger partial charge is 0.478 e. The van der Waals surface area contributed by atoms with Crippen LogP contribution in [-0.2, 0) is 11.3 Å². The Morgan fingerprint density at radius 3 is 2.58 bits per heavy atom. The van der Waals surface area contributed by atoms with Crippen molar-refractivity contribution in [3.63, 3.8) is 0 Å². The highest BCUT2D eigenvalue weighted by Gasteiger charge is 2.08. The number of hydrogen-bond acceptors (Lipinski definition) is 4. The van der Waals surface area contributed by atoms with Gasteiger partial charge in [0.15, 0.2) is 0 Å². The molecular weight excluding hydrogens is 308 g/mol. The Kier molecular flexibility index (Phi) is 4.38. The van der Waals surface area contributed by atoms with E-state index in [0.717, 1.165) is 5.56 Å². The van der Waals surface area contributed by atoms with Crippen LogP contribution in [-0.4, -0.2) is 22.2 Å². The Hall–Kier alpha value is -3.41. The van der Waals surface area contributed by atoms with Crippen LogP contribution in [0.25, 0.3) is 10.9 Å². The maximum atomic E-state index is 11.8. The van der Waals surface area contributed by atoms with Crippen LogP contribution in [0, 0.1) is 0 Å². The first-order chi connectivity index (χ1) is 11.6. The third kappa shape index (κ3) is 3.67. The van der Waals surface area contributed by atoms with E-state index < -0.39 is 12.1 Å². The van der Waals surface area contributed by atoms with Gasteiger partial charge < -0.3 is 9.84 Å². The molecule has 1 heterocycles. The monoisotopic (exact) mass is 322 g/mol. The highest BCUT2D eigenvalue weighted by atomic mass is 16.5. The van der Waals surface area contributed by atoms with Gasteiger partial charge in [0.25, 0.3) is 0 Å². The van der Waals surface area contributed by atoms with E-state index in [0.29, 0.717) is 16.7 Å². The average Bonchev–Trinajstić information content (AvgIpc) is 2.60. The zero-order chi connectivity index (χ0) is 16.9. The van der Waals surface area contributed by atoms with Gasteiger partial charge in [-0.2, -0.15) is 0 Å². The minimum absolute atomic E-state index is 0.169. The van der Waals surface area contributed by atoms with Crippen molar-refractivity contribution >= 4 is 28.8 Å². The predicted molar refractivity (Wildman–Crippen MR) is 89.0 cm³/mol. The first-order valence-corrected chi connectivity index (χ1v) is 7.23. The summed E-state index contributed by atoms with van der Waals surface area (Å²) >= 11 is 0. The van der Waals surface area contributed by atoms with Gasteiger partial charge in [-0.15, -0.1) is 0 Å². The molecule has 0 radical (unpaired) electrons. The molecule has 0 unspecified atom stereocenters. The van der Waals surface area contributed by atoms with Gasteiger partial charge in [-0.25, -0.2) is 14.6 Å². The van der Waals surface area contributed by atoms with E-state index >= 15 is 0 Å². The molecule has 120 valence electrons. The van der Waals surface area contributed by atoms with E-state index in [1.807, 2.05) is 30.3 Å². The van der Waals surface area contributed by atoms with E-state index in [1.165, 1.54) is 12.1 Å². The molecule has 1 amide bonds. The summed E-state index contributed by atoms with van der Waals surface area (Å²) in [4.78, 5) is 27.0. The van der Waals surface area contributed by atoms with Gasteiger partial charge in [-0.3, -0.25) is 5.32 Å². The van der Waals surface area contributed by atoms with Gasteiger partial charge in [0, 0.05) is 5.39 Å². The summed E-state index contributed by atoms with van der Waals surface area (Å²) in [6, 6.07) is 17.2. The zero-order valence-corrected chi connectivity index (χ0v) is 12.6. The number of aromatic carboxylic acids is 1. The number of carbonyl (C=O) groups is 2. The molecular formula is C18H14N2O4. The second-order valence-corrected chi connectivity index (χ2v) is 5.10. The van der Waals surface area contributed by atoms with Crippen molar-refractivity contribution in [3.8, 4) is 0 Å². The molecule has 6 nitrogen and oxygen atoms in total. The number of benzene rings is 2. The Morgan fingerprint density at radius 2 is 1.83 bits per heavy atom. The van der Waals surface area contributed by atoms with Crippen LogP contribution >= 0.6 is 0 Å². The van der Waals surface area contributed by atoms with E-state index in [1.54, 1.807) is 18.2 Å². The smallest absolute Gasteiger partial charge is 0.413 e. The number of aromatic nitrogens is 1. The number of anilines is 1. The van der Waals surface area contributed by atoms with Gasteiger partial charge in [0.1, 0.15) is 12.4 Å². The summed E-state index contributed by atoms with van der Waals surface area (Å²) in [5.74, 6) is -0.660. The number of ether oxygens (including phenoxy) is 1. The highest BCUT2D eigenvalue weighted by molar-refractivity contribution is 5.94. The van der Waals surface area contributed by atoms with Gasteiger partial charge >= 0.3 is 12.1 Å². The topological polar surface area (TPSA) is 88.5 Å². The Labute approximate surface area is 137 Å². The molecule has 0 aliphatic carbocycles. The van der Waals surface area contributed by atoms with E-state index in [2.05, 4.69) is 10.3 Å². The summed E-state index contributed by atoms with van der Waals surface area (Å²) in [5, 5.41) is 12.2. The zero-order valence-electron chi connectivity index (χ0n) is 12.6. The summed E-state index contributed by atoms with van der Waals surface area (Å²) in [7, 11) is 0. The third-order valence-electron chi connectivity index (χ3n) is 3.38. The summed E-state index contributed by atoms with van der Waals surface area (Å²) in [6.45, 7) is 0.169. The number of rotatable bonds is 4. The average molecular weight is 322 g/mol. The molecule has 0 saturated carbocycles. The van der Waals surface area contributed by atoms with Gasteiger partial charge in [-0.05, 0) is 35.9 Å². The number of pyridine rings is 1. The lowest BCUT2D eigenvalue weighted by Crippen LogP contribution is -2.14. The molecule has 0 spiro atoms. The van der Waals surface area contributed by atoms with Crippen LogP contribution in [0.5, 0.6) is 0 Å². The predicted octanol–water partition coefficient (Wildman–Crippen LogP) is 3.68. The van der Waals surface area contributed by atoms with Crippen LogP contribution in [0.15, 0.2) is 60.7 Å². The first kappa shape index (κ1) is 15.5. The van der Waals surface area contributed by atoms with Crippen molar-refractivity contribution in [2.45, 2.75) is 6.61 Å². The highest BCUT2D eigenvalue weighted by Crippen LogP contribution is 2.17. The fourth-order valence-corrected chi connectivity index (χ4v) is 2.19. The number of carboxylic acid groups (broad SMARTS) is 1. The van der Waals surface area contributed by atoms with E-state index in [9.17, 15) is 9.59 Å². The lowest BCUT2D eigenvalue weighted by atomic mass is 10.1. The van der Waals surface area contributed by atoms with Crippen molar-refractivity contribution in [1.29, 1.82) is 0 Å². The van der Waals surface area contributed by atoms with Crippen molar-refractivity contribution in [2.75, 3.05) is 5.32 Å². The number of hydrogen-bond donors (Lipinski definition) is 2. The van der Waals surface area contributed by atoms with Crippen LogP contribution in [0.1, 0.15) is 15.9 Å². The quantitative estimate of drug-likeness (QED) is 0.765. The molecule has 2 aromatic carbocycles. The molecule has 0 aliphatic rings. The fourth-order valence-electron chi connectivity index (χ4n) is 2.19. The molecule has 2 N–H and O–H groups in total. The Bertz CT molecular complexity index is 894. The maximum Gasteiger partial charge on any atom is 0.413 e. The Morgan fingerprint density at radius 1 is 1.04 bits per heavy atom. The Balaban J connectivity index is 1.67. The van der Waals surface area contributed by atoms with Crippen molar-refractivity contribution < 1.29 is 19.4 Å². The lowest BCUT2D eigenvalue weighted by molar-refractivity contribution is 0.0697. The summed E-state index contributed by atoms with van der Waals surface area (Å²) in [6.07, 6.45) is -0.604. The van der Waals surface area contributed by atoms with Crippen LogP contribution < -0.4 is 5.32 Å². The molecule has 0 bridgehead atoms. The fraction of sp³-hybridized carbons (Fsp3) is 0.0556. The maximum absolute atomic E-state index is 11.8. The SMILES string of the molecule is O=C(Nc1ccc2cc(C(=O)O)ccc2n1)OCc1ccccc1. The molecule has 6 heteroatoms. The number of carboxylic acids is 1. The minimum Gasteiger partial charge on any atom is -0.478 e. The van der Waals surface area contributed by atoms with Crippen LogP contribution in [0.3, 0.4) is 0 Å². The molecule has 0 atom stereocenters. The lowest BCUT2D eigenvalue weighted by Gasteiger charge is -2.07. The van der Waals surface area contributed by atoms with E-state index in [-0.39, 0.29) is 12.2 Å². The van der Waals surface area contributed by atoms with Gasteiger partial charge in [0.2, 0.25) is 0 Å². The van der Waals surface area contributed by atoms with Crippen molar-refractivity contribution in [2.24, 2.45) is 0 Å². The molecule has 24 heavy (non-hydrogen) atoms. The first-order valence-electron chi connectivity index (χ1n) is 7.23. The molecule has 3 rings (SSSR count). The second kappa shape index (κ2) is 6.78. The van der Waals surface area contributed by atoms with Crippen LogP contribution in [0.4, 0.5) is 10.6 Å². The second-order valence-electron chi connectivity index (χ2n) is 5.10. The van der Waals surface area contributed by atoms with Crippen molar-refractivity contribution in [3.05, 3.63) is 71.8 Å². The number of fused-ring (bicyclic) bond motifs is 1. The molecule has 1 aromatic heterocycles. The van der Waals surface area contributed by atoms with Gasteiger partial charge in [-0.1, -0.05) is 30.3 Å². The number of carbonyl (C=O) groups excluding carboxylic acids is 1. The van der Waals surface area contributed by atoms with Gasteiger partial charge in [0.05, 0.1) is 11.1 Å². The number of amides is 1. The normalized spacial score (nSPS) is 10.3. The molecule has 0 aliphatic heterocycles. The molecule has 0 saturated heterocycles. The molecule has 0 fully saturated rings. The van der Waals surface area contributed by atoms with Crippen molar-refractivity contribution in [1.82, 2.24) is 4.98 Å². The number of nitrogens with zero attached hydrogens (tertiary/aromatic N) is 1. The summed E-state index contributed by atoms with van der Waals surface area (Å²) in [5.41, 5.74) is 1.66. The molecule has 3 aromatic rings. The standard InChI is InChI=1S/C18H14N2O4/c21-17(22)14-6-8-15-13(10-14)7-9-16(19-15)20-18(23)24-11-12-4-2-1-3-5-12/h1-10H,11H2,(H,21,22)(H,19,20,23).